The van der Waals surface area contributed by atoms with Crippen LogP contribution in [0.3, 0.4) is 0 Å². The minimum absolute atomic E-state index is 0.00523. The van der Waals surface area contributed by atoms with E-state index in [4.69, 9.17) is 15.4 Å². The number of nitrogens with zero attached hydrogens (tertiary/aromatic N) is 2. The Morgan fingerprint density at radius 1 is 1.45 bits per heavy atom. The summed E-state index contributed by atoms with van der Waals surface area (Å²) >= 11 is 0. The topological polar surface area (TPSA) is 61.2 Å². The van der Waals surface area contributed by atoms with Crippen LogP contribution in [0.25, 0.3) is 0 Å². The Labute approximate surface area is 120 Å². The molecule has 0 aliphatic rings. The standard InChI is InChI=1S/C12H12ClFN2O3S/c1-2-16-7-9(6-15-16)8-19-11-4-3-10(14)5-12(11)20(13,17)18/h3-7H,2,8H2,1H3. The fourth-order valence-electron chi connectivity index (χ4n) is 1.61. The van der Waals surface area contributed by atoms with E-state index in [9.17, 15) is 12.8 Å². The molecule has 8 heteroatoms. The second-order valence-corrected chi connectivity index (χ2v) is 6.56. The molecule has 0 bridgehead atoms. The normalized spacial score (nSPS) is 11.6. The molecule has 0 aliphatic heterocycles. The molecule has 1 aromatic carbocycles. The zero-order valence-corrected chi connectivity index (χ0v) is 12.2. The molecule has 2 rings (SSSR count). The zero-order chi connectivity index (χ0) is 14.8. The summed E-state index contributed by atoms with van der Waals surface area (Å²) in [6, 6.07) is 3.17. The average Bonchev–Trinajstić information content (AvgIpc) is 2.84. The van der Waals surface area contributed by atoms with Crippen LogP contribution in [0.1, 0.15) is 12.5 Å². The van der Waals surface area contributed by atoms with Gasteiger partial charge in [0.25, 0.3) is 9.05 Å². The molecule has 20 heavy (non-hydrogen) atoms. The number of hydrogen-bond donors (Lipinski definition) is 0. The van der Waals surface area contributed by atoms with Crippen molar-refractivity contribution in [3.05, 3.63) is 42.0 Å². The number of aryl methyl sites for hydroxylation is 1. The average molecular weight is 319 g/mol. The number of benzene rings is 1. The number of aromatic nitrogens is 2. The van der Waals surface area contributed by atoms with Crippen molar-refractivity contribution in [3.63, 3.8) is 0 Å². The highest BCUT2D eigenvalue weighted by Gasteiger charge is 2.18. The molecule has 0 atom stereocenters. The summed E-state index contributed by atoms with van der Waals surface area (Å²) in [6.45, 7) is 2.78. The van der Waals surface area contributed by atoms with Crippen molar-refractivity contribution in [3.8, 4) is 5.75 Å². The minimum Gasteiger partial charge on any atom is -0.487 e. The number of rotatable bonds is 5. The highest BCUT2D eigenvalue weighted by Crippen LogP contribution is 2.28. The maximum Gasteiger partial charge on any atom is 0.265 e. The molecular weight excluding hydrogens is 307 g/mol. The fourth-order valence-corrected chi connectivity index (χ4v) is 2.59. The third-order valence-corrected chi connectivity index (χ3v) is 3.92. The van der Waals surface area contributed by atoms with Gasteiger partial charge in [-0.3, -0.25) is 4.68 Å². The van der Waals surface area contributed by atoms with Crippen molar-refractivity contribution in [2.45, 2.75) is 25.0 Å². The van der Waals surface area contributed by atoms with Crippen LogP contribution in [0, 0.1) is 5.82 Å². The van der Waals surface area contributed by atoms with E-state index in [1.54, 1.807) is 17.1 Å². The monoisotopic (exact) mass is 318 g/mol. The molecule has 0 fully saturated rings. The predicted octanol–water partition coefficient (Wildman–Crippen LogP) is 2.55. The van der Waals surface area contributed by atoms with Gasteiger partial charge in [0.15, 0.2) is 0 Å². The first-order valence-corrected chi connectivity index (χ1v) is 8.09. The first-order valence-electron chi connectivity index (χ1n) is 5.78. The molecular formula is C12H12ClFN2O3S. The molecule has 0 N–H and O–H groups in total. The molecule has 0 spiro atoms. The highest BCUT2D eigenvalue weighted by molar-refractivity contribution is 8.13. The summed E-state index contributed by atoms with van der Waals surface area (Å²) in [5, 5.41) is 4.06. The van der Waals surface area contributed by atoms with Gasteiger partial charge in [-0.05, 0) is 25.1 Å². The third kappa shape index (κ3) is 3.49. The smallest absolute Gasteiger partial charge is 0.265 e. The predicted molar refractivity (Wildman–Crippen MR) is 71.7 cm³/mol. The molecule has 108 valence electrons. The lowest BCUT2D eigenvalue weighted by Crippen LogP contribution is -2.01. The van der Waals surface area contributed by atoms with Crippen LogP contribution in [0.2, 0.25) is 0 Å². The molecule has 0 saturated carbocycles. The quantitative estimate of drug-likeness (QED) is 0.795. The van der Waals surface area contributed by atoms with Gasteiger partial charge in [-0.1, -0.05) is 0 Å². The van der Waals surface area contributed by atoms with Crippen LogP contribution in [0.5, 0.6) is 5.75 Å². The van der Waals surface area contributed by atoms with E-state index in [1.807, 2.05) is 6.92 Å². The third-order valence-electron chi connectivity index (χ3n) is 2.57. The van der Waals surface area contributed by atoms with Crippen LogP contribution in [0.4, 0.5) is 4.39 Å². The summed E-state index contributed by atoms with van der Waals surface area (Å²) in [7, 11) is 1.18. The van der Waals surface area contributed by atoms with Gasteiger partial charge in [-0.2, -0.15) is 5.10 Å². The second-order valence-electron chi connectivity index (χ2n) is 4.02. The Bertz CT molecular complexity index is 715. The molecule has 0 aliphatic carbocycles. The van der Waals surface area contributed by atoms with Gasteiger partial charge in [0.2, 0.25) is 0 Å². The van der Waals surface area contributed by atoms with E-state index < -0.39 is 14.9 Å². The van der Waals surface area contributed by atoms with Crippen LogP contribution < -0.4 is 4.74 Å². The Kier molecular flexibility index (Phi) is 4.29. The van der Waals surface area contributed by atoms with E-state index in [0.29, 0.717) is 0 Å². The van der Waals surface area contributed by atoms with E-state index >= 15 is 0 Å². The van der Waals surface area contributed by atoms with Crippen LogP contribution in [-0.2, 0) is 22.2 Å². The minimum atomic E-state index is -4.07. The van der Waals surface area contributed by atoms with Crippen LogP contribution in [0.15, 0.2) is 35.5 Å². The van der Waals surface area contributed by atoms with Gasteiger partial charge in [0.1, 0.15) is 23.1 Å². The van der Waals surface area contributed by atoms with Gasteiger partial charge < -0.3 is 4.74 Å². The maximum atomic E-state index is 13.1. The lowest BCUT2D eigenvalue weighted by Gasteiger charge is -2.08. The van der Waals surface area contributed by atoms with Crippen molar-refractivity contribution >= 4 is 19.7 Å². The van der Waals surface area contributed by atoms with Crippen molar-refractivity contribution < 1.29 is 17.5 Å². The molecule has 5 nitrogen and oxygen atoms in total. The van der Waals surface area contributed by atoms with Crippen LogP contribution >= 0.6 is 10.7 Å². The Morgan fingerprint density at radius 2 is 2.20 bits per heavy atom. The van der Waals surface area contributed by atoms with E-state index in [0.717, 1.165) is 24.2 Å². The van der Waals surface area contributed by atoms with Gasteiger partial charge in [-0.25, -0.2) is 12.8 Å². The molecule has 1 aromatic heterocycles. The molecule has 0 saturated heterocycles. The molecule has 2 aromatic rings. The maximum absolute atomic E-state index is 13.1. The van der Waals surface area contributed by atoms with Crippen molar-refractivity contribution in [2.24, 2.45) is 0 Å². The summed E-state index contributed by atoms with van der Waals surface area (Å²) in [5.74, 6) is -0.693. The lowest BCUT2D eigenvalue weighted by atomic mass is 10.3. The van der Waals surface area contributed by atoms with Crippen molar-refractivity contribution in [1.29, 1.82) is 0 Å². The van der Waals surface area contributed by atoms with Gasteiger partial charge in [0.05, 0.1) is 6.20 Å². The Balaban J connectivity index is 2.21. The fraction of sp³-hybridized carbons (Fsp3) is 0.250. The van der Waals surface area contributed by atoms with Crippen molar-refractivity contribution in [2.75, 3.05) is 0 Å². The molecule has 0 radical (unpaired) electrons. The second kappa shape index (κ2) is 5.80. The summed E-state index contributed by atoms with van der Waals surface area (Å²) in [6.07, 6.45) is 3.39. The van der Waals surface area contributed by atoms with Gasteiger partial charge >= 0.3 is 0 Å². The number of halogens is 2. The first kappa shape index (κ1) is 14.8. The number of ether oxygens (including phenoxy) is 1. The summed E-state index contributed by atoms with van der Waals surface area (Å²) in [4.78, 5) is -0.387. The van der Waals surface area contributed by atoms with Gasteiger partial charge in [-0.15, -0.1) is 0 Å². The zero-order valence-electron chi connectivity index (χ0n) is 10.6. The largest absolute Gasteiger partial charge is 0.487 e. The summed E-state index contributed by atoms with van der Waals surface area (Å²) in [5.41, 5.74) is 0.772. The van der Waals surface area contributed by atoms with E-state index in [-0.39, 0.29) is 17.3 Å². The number of hydrogen-bond acceptors (Lipinski definition) is 4. The SMILES string of the molecule is CCn1cc(COc2ccc(F)cc2S(=O)(=O)Cl)cn1. The summed E-state index contributed by atoms with van der Waals surface area (Å²) < 4.78 is 42.9. The Morgan fingerprint density at radius 3 is 2.80 bits per heavy atom. The van der Waals surface area contributed by atoms with E-state index in [2.05, 4.69) is 5.10 Å². The Hall–Kier alpha value is -1.60. The molecule has 0 unspecified atom stereocenters. The molecule has 0 amide bonds. The van der Waals surface area contributed by atoms with E-state index in [1.165, 1.54) is 6.07 Å². The first-order chi connectivity index (χ1) is 9.40. The van der Waals surface area contributed by atoms with Crippen molar-refractivity contribution in [1.82, 2.24) is 9.78 Å². The van der Waals surface area contributed by atoms with Crippen LogP contribution in [-0.4, -0.2) is 18.2 Å². The molecule has 1 heterocycles. The van der Waals surface area contributed by atoms with Gasteiger partial charge in [0, 0.05) is 29.0 Å². The highest BCUT2D eigenvalue weighted by atomic mass is 35.7. The lowest BCUT2D eigenvalue weighted by molar-refractivity contribution is 0.297.